The number of ether oxygens (including phenoxy) is 2. The number of carbonyl (C=O) groups is 1. The molecule has 25 heavy (non-hydrogen) atoms. The summed E-state index contributed by atoms with van der Waals surface area (Å²) in [6.07, 6.45) is 0.909. The molecule has 0 radical (unpaired) electrons. The van der Waals surface area contributed by atoms with Crippen LogP contribution in [0.5, 0.6) is 11.5 Å². The summed E-state index contributed by atoms with van der Waals surface area (Å²) in [5.41, 5.74) is 2.08. The van der Waals surface area contributed by atoms with E-state index in [0.29, 0.717) is 6.42 Å². The summed E-state index contributed by atoms with van der Waals surface area (Å²) in [7, 11) is 1.64. The molecule has 4 heteroatoms. The van der Waals surface area contributed by atoms with Crippen LogP contribution >= 0.6 is 0 Å². The van der Waals surface area contributed by atoms with Crippen molar-refractivity contribution in [3.8, 4) is 11.5 Å². The molecule has 2 aromatic rings. The van der Waals surface area contributed by atoms with Crippen LogP contribution in [0.1, 0.15) is 43.9 Å². The molecule has 4 nitrogen and oxygen atoms in total. The number of amides is 1. The van der Waals surface area contributed by atoms with E-state index in [1.54, 1.807) is 7.11 Å². The van der Waals surface area contributed by atoms with Gasteiger partial charge in [0, 0.05) is 0 Å². The molecule has 0 aromatic heterocycles. The molecule has 134 valence electrons. The molecular formula is C21H27NO3. The molecule has 0 aliphatic heterocycles. The van der Waals surface area contributed by atoms with Gasteiger partial charge >= 0.3 is 0 Å². The molecule has 2 aromatic carbocycles. The lowest BCUT2D eigenvalue weighted by atomic mass is 10.0. The second-order valence-corrected chi connectivity index (χ2v) is 6.02. The average molecular weight is 341 g/mol. The summed E-state index contributed by atoms with van der Waals surface area (Å²) in [5, 5.41) is 3.11. The zero-order valence-corrected chi connectivity index (χ0v) is 15.4. The van der Waals surface area contributed by atoms with Crippen molar-refractivity contribution in [3.05, 3.63) is 59.7 Å². The summed E-state index contributed by atoms with van der Waals surface area (Å²) < 4.78 is 11.1. The number of benzene rings is 2. The average Bonchev–Trinajstić information content (AvgIpc) is 2.65. The Balaban J connectivity index is 2.06. The van der Waals surface area contributed by atoms with Gasteiger partial charge in [0.15, 0.2) is 6.10 Å². The van der Waals surface area contributed by atoms with Crippen LogP contribution in [0.4, 0.5) is 0 Å². The molecule has 0 aliphatic carbocycles. The fraction of sp³-hybridized carbons (Fsp3) is 0.381. The number of carbonyl (C=O) groups excluding carboxylic acids is 1. The van der Waals surface area contributed by atoms with Crippen LogP contribution in [0.15, 0.2) is 48.5 Å². The van der Waals surface area contributed by atoms with Gasteiger partial charge in [0.1, 0.15) is 11.5 Å². The smallest absolute Gasteiger partial charge is 0.261 e. The molecule has 0 bridgehead atoms. The van der Waals surface area contributed by atoms with Crippen LogP contribution < -0.4 is 14.8 Å². The van der Waals surface area contributed by atoms with Gasteiger partial charge in [0.05, 0.1) is 13.2 Å². The van der Waals surface area contributed by atoms with E-state index in [0.717, 1.165) is 29.0 Å². The molecule has 0 spiro atoms. The highest BCUT2D eigenvalue weighted by molar-refractivity contribution is 5.81. The van der Waals surface area contributed by atoms with Gasteiger partial charge in [-0.15, -0.1) is 0 Å². The number of aryl methyl sites for hydroxylation is 1. The second-order valence-electron chi connectivity index (χ2n) is 6.02. The summed E-state index contributed by atoms with van der Waals surface area (Å²) >= 11 is 0. The quantitative estimate of drug-likeness (QED) is 0.773. The summed E-state index contributed by atoms with van der Waals surface area (Å²) in [4.78, 5) is 12.7. The lowest BCUT2D eigenvalue weighted by Crippen LogP contribution is -2.40. The number of methoxy groups -OCH3 is 1. The second kappa shape index (κ2) is 9.11. The maximum absolute atomic E-state index is 12.7. The van der Waals surface area contributed by atoms with Gasteiger partial charge in [-0.3, -0.25) is 4.79 Å². The van der Waals surface area contributed by atoms with Crippen LogP contribution in [-0.4, -0.2) is 19.1 Å². The molecule has 2 rings (SSSR count). The number of hydrogen-bond acceptors (Lipinski definition) is 3. The number of nitrogens with one attached hydrogen (secondary N) is 1. The number of para-hydroxylation sites is 1. The van der Waals surface area contributed by atoms with Gasteiger partial charge < -0.3 is 14.8 Å². The zero-order chi connectivity index (χ0) is 18.2. The molecule has 0 fully saturated rings. The maximum atomic E-state index is 12.7. The van der Waals surface area contributed by atoms with E-state index in [1.807, 2.05) is 62.4 Å². The van der Waals surface area contributed by atoms with Crippen molar-refractivity contribution in [2.75, 3.05) is 7.11 Å². The highest BCUT2D eigenvalue weighted by Gasteiger charge is 2.22. The fourth-order valence-electron chi connectivity index (χ4n) is 2.69. The Bertz CT molecular complexity index is 682. The lowest BCUT2D eigenvalue weighted by Gasteiger charge is -2.23. The van der Waals surface area contributed by atoms with Gasteiger partial charge in [0.2, 0.25) is 0 Å². The molecule has 0 saturated carbocycles. The first-order valence-electron chi connectivity index (χ1n) is 8.75. The normalized spacial score (nSPS) is 13.0. The van der Waals surface area contributed by atoms with E-state index in [4.69, 9.17) is 9.47 Å². The van der Waals surface area contributed by atoms with Crippen LogP contribution in [0.3, 0.4) is 0 Å². The predicted molar refractivity (Wildman–Crippen MR) is 100 cm³/mol. The minimum Gasteiger partial charge on any atom is -0.497 e. The van der Waals surface area contributed by atoms with Crippen molar-refractivity contribution in [2.24, 2.45) is 0 Å². The van der Waals surface area contributed by atoms with E-state index in [2.05, 4.69) is 12.2 Å². The Hall–Kier alpha value is -2.49. The van der Waals surface area contributed by atoms with E-state index in [9.17, 15) is 4.79 Å². The lowest BCUT2D eigenvalue weighted by molar-refractivity contribution is -0.129. The van der Waals surface area contributed by atoms with E-state index in [1.165, 1.54) is 0 Å². The molecule has 1 amide bonds. The van der Waals surface area contributed by atoms with Crippen molar-refractivity contribution in [3.63, 3.8) is 0 Å². The number of rotatable bonds is 8. The first-order valence-corrected chi connectivity index (χ1v) is 8.75. The largest absolute Gasteiger partial charge is 0.497 e. The minimum atomic E-state index is -0.506. The highest BCUT2D eigenvalue weighted by atomic mass is 16.5. The van der Waals surface area contributed by atoms with Crippen molar-refractivity contribution in [1.29, 1.82) is 0 Å². The Morgan fingerprint density at radius 1 is 1.04 bits per heavy atom. The van der Waals surface area contributed by atoms with Crippen LogP contribution in [0, 0.1) is 6.92 Å². The molecule has 0 heterocycles. The van der Waals surface area contributed by atoms with Crippen molar-refractivity contribution < 1.29 is 14.3 Å². The third-order valence-corrected chi connectivity index (χ3v) is 4.27. The van der Waals surface area contributed by atoms with E-state index in [-0.39, 0.29) is 11.9 Å². The molecule has 1 N–H and O–H groups in total. The molecular weight excluding hydrogens is 314 g/mol. The molecule has 2 atom stereocenters. The Morgan fingerprint density at radius 2 is 1.72 bits per heavy atom. The van der Waals surface area contributed by atoms with E-state index >= 15 is 0 Å². The zero-order valence-electron chi connectivity index (χ0n) is 15.4. The minimum absolute atomic E-state index is 0.0482. The SMILES string of the molecule is CC[C@H](Oc1ccccc1C)C(=O)N[C@H](CC)c1ccc(OC)cc1. The summed E-state index contributed by atoms with van der Waals surface area (Å²) in [6.45, 7) is 5.99. The maximum Gasteiger partial charge on any atom is 0.261 e. The first-order chi connectivity index (χ1) is 12.1. The first kappa shape index (κ1) is 18.8. The van der Waals surface area contributed by atoms with E-state index < -0.39 is 6.10 Å². The van der Waals surface area contributed by atoms with Crippen LogP contribution in [-0.2, 0) is 4.79 Å². The third-order valence-electron chi connectivity index (χ3n) is 4.27. The van der Waals surface area contributed by atoms with Crippen molar-refractivity contribution in [2.45, 2.75) is 45.8 Å². The summed E-state index contributed by atoms with van der Waals surface area (Å²) in [5.74, 6) is 1.47. The number of hydrogen-bond donors (Lipinski definition) is 1. The van der Waals surface area contributed by atoms with Gasteiger partial charge in [-0.25, -0.2) is 0 Å². The molecule has 0 saturated heterocycles. The van der Waals surface area contributed by atoms with Gasteiger partial charge in [-0.05, 0) is 49.1 Å². The van der Waals surface area contributed by atoms with Crippen LogP contribution in [0.2, 0.25) is 0 Å². The Kier molecular flexibility index (Phi) is 6.87. The predicted octanol–water partition coefficient (Wildman–Crippen LogP) is 4.43. The molecule has 0 unspecified atom stereocenters. The Labute approximate surface area is 150 Å². The van der Waals surface area contributed by atoms with Gasteiger partial charge in [-0.1, -0.05) is 44.2 Å². The van der Waals surface area contributed by atoms with Crippen molar-refractivity contribution >= 4 is 5.91 Å². The van der Waals surface area contributed by atoms with Gasteiger partial charge in [0.25, 0.3) is 5.91 Å². The molecule has 0 aliphatic rings. The fourth-order valence-corrected chi connectivity index (χ4v) is 2.69. The van der Waals surface area contributed by atoms with Gasteiger partial charge in [-0.2, -0.15) is 0 Å². The van der Waals surface area contributed by atoms with Crippen molar-refractivity contribution in [1.82, 2.24) is 5.32 Å². The monoisotopic (exact) mass is 341 g/mol. The standard InChI is InChI=1S/C21H27NO3/c1-5-18(16-11-13-17(24-4)14-12-16)22-21(23)19(6-2)25-20-10-8-7-9-15(20)3/h7-14,18-19H,5-6H2,1-4H3,(H,22,23)/t18-,19+/m1/s1. The highest BCUT2D eigenvalue weighted by Crippen LogP contribution is 2.22. The van der Waals surface area contributed by atoms with Crippen LogP contribution in [0.25, 0.3) is 0 Å². The summed E-state index contributed by atoms with van der Waals surface area (Å²) in [6, 6.07) is 15.5. The Morgan fingerprint density at radius 3 is 2.28 bits per heavy atom. The topological polar surface area (TPSA) is 47.6 Å². The third kappa shape index (κ3) is 4.99.